The molecule has 0 bridgehead atoms. The monoisotopic (exact) mass is 367 g/mol. The molecule has 0 spiro atoms. The molecule has 2 aromatic carbocycles. The maximum atomic E-state index is 12.7. The zero-order valence-electron chi connectivity index (χ0n) is 17.5. The minimum absolute atomic E-state index is 0.0516. The van der Waals surface area contributed by atoms with E-state index in [0.29, 0.717) is 6.42 Å². The van der Waals surface area contributed by atoms with Crippen LogP contribution in [0, 0.1) is 0 Å². The number of benzene rings is 2. The molecule has 2 aromatic rings. The van der Waals surface area contributed by atoms with Crippen molar-refractivity contribution in [2.45, 2.75) is 71.9 Å². The van der Waals surface area contributed by atoms with Gasteiger partial charge in [-0.05, 0) is 54.0 Å². The van der Waals surface area contributed by atoms with E-state index >= 15 is 0 Å². The molecular weight excluding hydrogens is 334 g/mol. The van der Waals surface area contributed by atoms with Crippen LogP contribution in [0.1, 0.15) is 70.7 Å². The molecule has 3 nitrogen and oxygen atoms in total. The Morgan fingerprint density at radius 3 is 2.07 bits per heavy atom. The number of carbonyl (C=O) groups is 1. The third-order valence-electron chi connectivity index (χ3n) is 4.91. The van der Waals surface area contributed by atoms with Crippen LogP contribution in [0.3, 0.4) is 0 Å². The van der Waals surface area contributed by atoms with E-state index in [2.05, 4.69) is 69.4 Å². The first kappa shape index (κ1) is 21.0. The molecule has 1 N–H and O–H groups in total. The molecule has 0 aromatic heterocycles. The summed E-state index contributed by atoms with van der Waals surface area (Å²) in [4.78, 5) is 12.7. The van der Waals surface area contributed by atoms with Crippen molar-refractivity contribution in [2.24, 2.45) is 0 Å². The third kappa shape index (κ3) is 5.85. The molecule has 0 aliphatic heterocycles. The first-order valence-corrected chi connectivity index (χ1v) is 9.91. The number of aryl methyl sites for hydroxylation is 1. The van der Waals surface area contributed by atoms with Crippen LogP contribution in [0.15, 0.2) is 48.5 Å². The summed E-state index contributed by atoms with van der Waals surface area (Å²) in [7, 11) is 0. The average Bonchev–Trinajstić information content (AvgIpc) is 2.65. The molecule has 0 aliphatic carbocycles. The lowest BCUT2D eigenvalue weighted by Gasteiger charge is -2.22. The molecule has 146 valence electrons. The summed E-state index contributed by atoms with van der Waals surface area (Å²) in [5, 5.41) is 3.08. The second kappa shape index (κ2) is 9.07. The fraction of sp³-hybridized carbons (Fsp3) is 0.458. The fourth-order valence-electron chi connectivity index (χ4n) is 2.95. The highest BCUT2D eigenvalue weighted by molar-refractivity contribution is 5.81. The topological polar surface area (TPSA) is 38.3 Å². The van der Waals surface area contributed by atoms with Crippen LogP contribution in [-0.4, -0.2) is 12.0 Å². The van der Waals surface area contributed by atoms with Crippen molar-refractivity contribution in [2.75, 3.05) is 0 Å². The summed E-state index contributed by atoms with van der Waals surface area (Å²) < 4.78 is 5.95. The lowest BCUT2D eigenvalue weighted by atomic mass is 9.87. The van der Waals surface area contributed by atoms with E-state index < -0.39 is 6.10 Å². The Bertz CT molecular complexity index is 726. The Morgan fingerprint density at radius 1 is 1.00 bits per heavy atom. The highest BCUT2D eigenvalue weighted by Crippen LogP contribution is 2.25. The van der Waals surface area contributed by atoms with Crippen molar-refractivity contribution in [3.63, 3.8) is 0 Å². The zero-order chi connectivity index (χ0) is 20.0. The number of rotatable bonds is 7. The Labute approximate surface area is 164 Å². The first-order chi connectivity index (χ1) is 12.7. The summed E-state index contributed by atoms with van der Waals surface area (Å²) in [5.74, 6) is 0.648. The number of carbonyl (C=O) groups excluding carboxylic acids is 1. The van der Waals surface area contributed by atoms with Crippen molar-refractivity contribution in [1.29, 1.82) is 0 Å². The highest BCUT2D eigenvalue weighted by atomic mass is 16.5. The minimum Gasteiger partial charge on any atom is -0.481 e. The highest BCUT2D eigenvalue weighted by Gasteiger charge is 2.21. The smallest absolute Gasteiger partial charge is 0.261 e. The van der Waals surface area contributed by atoms with Crippen molar-refractivity contribution in [1.82, 2.24) is 5.32 Å². The molecule has 0 saturated carbocycles. The Hall–Kier alpha value is -2.29. The molecule has 27 heavy (non-hydrogen) atoms. The van der Waals surface area contributed by atoms with Crippen LogP contribution < -0.4 is 10.1 Å². The second-order valence-electron chi connectivity index (χ2n) is 8.11. The molecule has 2 rings (SSSR count). The van der Waals surface area contributed by atoms with Crippen LogP contribution in [0.4, 0.5) is 0 Å². The van der Waals surface area contributed by atoms with Gasteiger partial charge in [-0.3, -0.25) is 4.79 Å². The van der Waals surface area contributed by atoms with Gasteiger partial charge in [-0.15, -0.1) is 0 Å². The van der Waals surface area contributed by atoms with Crippen LogP contribution in [-0.2, 0) is 16.6 Å². The molecule has 1 amide bonds. The predicted molar refractivity (Wildman–Crippen MR) is 112 cm³/mol. The van der Waals surface area contributed by atoms with E-state index in [1.807, 2.05) is 26.0 Å². The van der Waals surface area contributed by atoms with E-state index in [-0.39, 0.29) is 17.4 Å². The van der Waals surface area contributed by atoms with E-state index in [4.69, 9.17) is 4.74 Å². The maximum absolute atomic E-state index is 12.7. The van der Waals surface area contributed by atoms with E-state index in [9.17, 15) is 4.79 Å². The molecule has 0 heterocycles. The van der Waals surface area contributed by atoms with Crippen LogP contribution in [0.2, 0.25) is 0 Å². The van der Waals surface area contributed by atoms with Gasteiger partial charge in [0.15, 0.2) is 6.10 Å². The van der Waals surface area contributed by atoms with E-state index in [1.54, 1.807) is 0 Å². The van der Waals surface area contributed by atoms with Crippen molar-refractivity contribution < 1.29 is 9.53 Å². The maximum Gasteiger partial charge on any atom is 0.261 e. The minimum atomic E-state index is -0.497. The van der Waals surface area contributed by atoms with Gasteiger partial charge in [-0.1, -0.05) is 71.0 Å². The van der Waals surface area contributed by atoms with Gasteiger partial charge in [-0.2, -0.15) is 0 Å². The molecule has 3 heteroatoms. The third-order valence-corrected chi connectivity index (χ3v) is 4.91. The fourth-order valence-corrected chi connectivity index (χ4v) is 2.95. The molecule has 0 unspecified atom stereocenters. The Morgan fingerprint density at radius 2 is 1.59 bits per heavy atom. The molecule has 0 fully saturated rings. The van der Waals surface area contributed by atoms with Gasteiger partial charge in [0.1, 0.15) is 5.75 Å². The van der Waals surface area contributed by atoms with E-state index in [0.717, 1.165) is 17.7 Å². The van der Waals surface area contributed by atoms with Gasteiger partial charge >= 0.3 is 0 Å². The number of hydrogen-bond acceptors (Lipinski definition) is 2. The molecule has 0 radical (unpaired) electrons. The number of amides is 1. The van der Waals surface area contributed by atoms with Crippen molar-refractivity contribution in [3.05, 3.63) is 65.2 Å². The summed E-state index contributed by atoms with van der Waals surface area (Å²) >= 11 is 0. The summed E-state index contributed by atoms with van der Waals surface area (Å²) in [6.07, 6.45) is 1.14. The molecule has 0 saturated heterocycles. The van der Waals surface area contributed by atoms with Crippen molar-refractivity contribution >= 4 is 5.91 Å². The van der Waals surface area contributed by atoms with Gasteiger partial charge in [0.2, 0.25) is 0 Å². The summed E-state index contributed by atoms with van der Waals surface area (Å²) in [6, 6.07) is 16.4. The van der Waals surface area contributed by atoms with Gasteiger partial charge in [0, 0.05) is 0 Å². The Kier molecular flexibility index (Phi) is 7.06. The lowest BCUT2D eigenvalue weighted by Crippen LogP contribution is -2.39. The molecular formula is C24H33NO2. The van der Waals surface area contributed by atoms with E-state index in [1.165, 1.54) is 11.1 Å². The van der Waals surface area contributed by atoms with Gasteiger partial charge in [-0.25, -0.2) is 0 Å². The van der Waals surface area contributed by atoms with Gasteiger partial charge in [0.25, 0.3) is 5.91 Å². The number of nitrogens with one attached hydrogen (secondary N) is 1. The number of hydrogen-bond donors (Lipinski definition) is 1. The van der Waals surface area contributed by atoms with Crippen molar-refractivity contribution in [3.8, 4) is 5.75 Å². The lowest BCUT2D eigenvalue weighted by molar-refractivity contribution is -0.128. The quantitative estimate of drug-likeness (QED) is 0.693. The standard InChI is InChI=1S/C24H33NO2/c1-7-18-9-11-19(12-10-18)17(3)25-23(26)22(8-2)27-21-15-13-20(14-16-21)24(4,5)6/h9-17,22H,7-8H2,1-6H3,(H,25,26)/t17-,22+/m1/s1. The molecule has 2 atom stereocenters. The Balaban J connectivity index is 2.00. The SMILES string of the molecule is CCc1ccc([C@@H](C)NC(=O)[C@H](CC)Oc2ccc(C(C)(C)C)cc2)cc1. The van der Waals surface area contributed by atoms with Crippen LogP contribution >= 0.6 is 0 Å². The average molecular weight is 368 g/mol. The molecule has 0 aliphatic rings. The normalized spacial score (nSPS) is 13.7. The van der Waals surface area contributed by atoms with Gasteiger partial charge in [0.05, 0.1) is 6.04 Å². The summed E-state index contributed by atoms with van der Waals surface area (Å²) in [5.41, 5.74) is 3.75. The van der Waals surface area contributed by atoms with Crippen LogP contribution in [0.25, 0.3) is 0 Å². The van der Waals surface area contributed by atoms with Gasteiger partial charge < -0.3 is 10.1 Å². The zero-order valence-corrected chi connectivity index (χ0v) is 17.5. The van der Waals surface area contributed by atoms with Crippen LogP contribution in [0.5, 0.6) is 5.75 Å². The summed E-state index contributed by atoms with van der Waals surface area (Å²) in [6.45, 7) is 12.6. The predicted octanol–water partition coefficient (Wildman–Crippen LogP) is 5.58. The largest absolute Gasteiger partial charge is 0.481 e. The number of ether oxygens (including phenoxy) is 1. The second-order valence-corrected chi connectivity index (χ2v) is 8.11. The first-order valence-electron chi connectivity index (χ1n) is 9.91.